The van der Waals surface area contributed by atoms with E-state index in [0.717, 1.165) is 12.1 Å². The molecule has 0 radical (unpaired) electrons. The Kier molecular flexibility index (Phi) is 4.45. The van der Waals surface area contributed by atoms with Gasteiger partial charge in [-0.1, -0.05) is 11.6 Å². The average Bonchev–Trinajstić information content (AvgIpc) is 2.36. The molecule has 0 aromatic heterocycles. The minimum Gasteiger partial charge on any atom is -0.375 e. The van der Waals surface area contributed by atoms with Gasteiger partial charge < -0.3 is 15.0 Å². The third-order valence-corrected chi connectivity index (χ3v) is 3.60. The van der Waals surface area contributed by atoms with Crippen molar-refractivity contribution >= 4 is 23.3 Å². The Bertz CT molecular complexity index is 504. The molecule has 1 saturated heterocycles. The third kappa shape index (κ3) is 3.02. The predicted octanol–water partition coefficient (Wildman–Crippen LogP) is 3.26. The summed E-state index contributed by atoms with van der Waals surface area (Å²) in [6.07, 6.45) is -0.130. The lowest BCUT2D eigenvalue weighted by Crippen LogP contribution is -2.52. The highest BCUT2D eigenvalue weighted by Crippen LogP contribution is 2.24. The predicted molar refractivity (Wildman–Crippen MR) is 72.0 cm³/mol. The molecule has 1 aromatic rings. The lowest BCUT2D eigenvalue weighted by molar-refractivity contribution is -0.0355. The number of carbonyl (C=O) groups is 1. The molecule has 0 unspecified atom stereocenters. The van der Waals surface area contributed by atoms with Gasteiger partial charge in [-0.05, 0) is 26.0 Å². The first kappa shape index (κ1) is 15.0. The van der Waals surface area contributed by atoms with Crippen LogP contribution in [-0.4, -0.2) is 36.2 Å². The fourth-order valence-electron chi connectivity index (χ4n) is 2.06. The molecule has 1 N–H and O–H groups in total. The smallest absolute Gasteiger partial charge is 0.322 e. The molecule has 2 atom stereocenters. The number of ether oxygens (including phenoxy) is 1. The summed E-state index contributed by atoms with van der Waals surface area (Å²) in [6.45, 7) is 4.42. The molecule has 0 bridgehead atoms. The maximum absolute atomic E-state index is 13.6. The summed E-state index contributed by atoms with van der Waals surface area (Å²) in [5, 5.41) is 2.19. The van der Waals surface area contributed by atoms with Crippen molar-refractivity contribution < 1.29 is 18.3 Å². The van der Waals surface area contributed by atoms with Gasteiger partial charge in [0.05, 0.1) is 18.8 Å². The normalized spacial score (nSPS) is 22.8. The van der Waals surface area contributed by atoms with Crippen LogP contribution in [-0.2, 0) is 4.74 Å². The van der Waals surface area contributed by atoms with Crippen molar-refractivity contribution in [1.82, 2.24) is 4.90 Å². The largest absolute Gasteiger partial charge is 0.375 e. The molecule has 110 valence electrons. The van der Waals surface area contributed by atoms with E-state index in [1.807, 2.05) is 13.8 Å². The molecule has 2 amide bonds. The minimum atomic E-state index is -0.905. The summed E-state index contributed by atoms with van der Waals surface area (Å²) < 4.78 is 32.7. The van der Waals surface area contributed by atoms with Gasteiger partial charge in [-0.15, -0.1) is 0 Å². The Balaban J connectivity index is 2.16. The van der Waals surface area contributed by atoms with Crippen molar-refractivity contribution in [2.75, 3.05) is 18.5 Å². The van der Waals surface area contributed by atoms with Gasteiger partial charge >= 0.3 is 6.03 Å². The molecule has 1 heterocycles. The first-order valence-electron chi connectivity index (χ1n) is 6.24. The second kappa shape index (κ2) is 5.93. The lowest BCUT2D eigenvalue weighted by atomic mass is 10.1. The van der Waals surface area contributed by atoms with E-state index in [4.69, 9.17) is 16.3 Å². The number of morpholine rings is 1. The number of carbonyl (C=O) groups excluding carboxylic acids is 1. The fraction of sp³-hybridized carbons (Fsp3) is 0.462. The van der Waals surface area contributed by atoms with Crippen LogP contribution in [0.5, 0.6) is 0 Å². The van der Waals surface area contributed by atoms with Crippen LogP contribution in [0.4, 0.5) is 19.3 Å². The zero-order valence-corrected chi connectivity index (χ0v) is 11.9. The van der Waals surface area contributed by atoms with Crippen molar-refractivity contribution in [2.45, 2.75) is 26.0 Å². The highest BCUT2D eigenvalue weighted by Gasteiger charge is 2.30. The first-order valence-corrected chi connectivity index (χ1v) is 6.61. The summed E-state index contributed by atoms with van der Waals surface area (Å²) >= 11 is 5.53. The molecule has 0 saturated carbocycles. The summed E-state index contributed by atoms with van der Waals surface area (Å²) in [6, 6.07) is 1.16. The molecule has 1 aliphatic heterocycles. The minimum absolute atomic E-state index is 0.0636. The number of amides is 2. The first-order chi connectivity index (χ1) is 9.40. The quantitative estimate of drug-likeness (QED) is 0.865. The van der Waals surface area contributed by atoms with Crippen LogP contribution in [0, 0.1) is 11.6 Å². The van der Waals surface area contributed by atoms with Gasteiger partial charge in [0.1, 0.15) is 5.69 Å². The number of halogens is 3. The number of hydrogen-bond donors (Lipinski definition) is 1. The zero-order valence-electron chi connectivity index (χ0n) is 11.1. The van der Waals surface area contributed by atoms with Gasteiger partial charge in [0, 0.05) is 11.6 Å². The second-order valence-electron chi connectivity index (χ2n) is 4.68. The van der Waals surface area contributed by atoms with Gasteiger partial charge in [-0.25, -0.2) is 13.6 Å². The van der Waals surface area contributed by atoms with E-state index in [0.29, 0.717) is 13.2 Å². The Labute approximate surface area is 120 Å². The highest BCUT2D eigenvalue weighted by molar-refractivity contribution is 6.30. The Morgan fingerprint density at radius 2 is 2.00 bits per heavy atom. The Hall–Kier alpha value is -1.40. The second-order valence-corrected chi connectivity index (χ2v) is 5.12. The molecule has 0 aliphatic carbocycles. The molecule has 7 heteroatoms. The summed E-state index contributed by atoms with van der Waals surface area (Å²) in [5.41, 5.74) is -0.495. The number of urea groups is 1. The van der Waals surface area contributed by atoms with Gasteiger partial charge in [-0.3, -0.25) is 0 Å². The van der Waals surface area contributed by atoms with Crippen LogP contribution in [0.3, 0.4) is 0 Å². The number of hydrogen-bond acceptors (Lipinski definition) is 2. The standard InChI is InChI=1S/C13H15ClF2N2O2/c1-7-8(2)20-4-3-18(7)13(19)17-12-10(15)5-9(14)6-11(12)16/h5-8H,3-4H2,1-2H3,(H,17,19)/t7-,8+/m0/s1. The number of nitrogens with zero attached hydrogens (tertiary/aromatic N) is 1. The van der Waals surface area contributed by atoms with Crippen molar-refractivity contribution in [3.8, 4) is 0 Å². The Morgan fingerprint density at radius 1 is 1.40 bits per heavy atom. The van der Waals surface area contributed by atoms with Gasteiger partial charge in [0.25, 0.3) is 0 Å². The topological polar surface area (TPSA) is 41.6 Å². The molecule has 4 nitrogen and oxygen atoms in total. The SMILES string of the molecule is C[C@H]1OCCN(C(=O)Nc2c(F)cc(Cl)cc2F)[C@H]1C. The van der Waals surface area contributed by atoms with Crippen LogP contribution in [0.1, 0.15) is 13.8 Å². The van der Waals surface area contributed by atoms with Crippen molar-refractivity contribution in [2.24, 2.45) is 0 Å². The third-order valence-electron chi connectivity index (χ3n) is 3.38. The maximum Gasteiger partial charge on any atom is 0.322 e. The zero-order chi connectivity index (χ0) is 14.9. The van der Waals surface area contributed by atoms with E-state index in [1.165, 1.54) is 4.90 Å². The summed E-state index contributed by atoms with van der Waals surface area (Å²) in [7, 11) is 0. The molecule has 2 rings (SSSR count). The van der Waals surface area contributed by atoms with Crippen LogP contribution >= 0.6 is 11.6 Å². The number of anilines is 1. The average molecular weight is 305 g/mol. The van der Waals surface area contributed by atoms with Crippen LogP contribution < -0.4 is 5.32 Å². The van der Waals surface area contributed by atoms with E-state index in [1.54, 1.807) is 0 Å². The number of nitrogens with one attached hydrogen (secondary N) is 1. The lowest BCUT2D eigenvalue weighted by Gasteiger charge is -2.37. The van der Waals surface area contributed by atoms with E-state index in [9.17, 15) is 13.6 Å². The van der Waals surface area contributed by atoms with E-state index >= 15 is 0 Å². The van der Waals surface area contributed by atoms with Crippen molar-refractivity contribution in [3.05, 3.63) is 28.8 Å². The monoisotopic (exact) mass is 304 g/mol. The van der Waals surface area contributed by atoms with E-state index in [2.05, 4.69) is 5.32 Å². The molecule has 0 spiro atoms. The molecule has 1 aromatic carbocycles. The molecule has 1 fully saturated rings. The van der Waals surface area contributed by atoms with Crippen LogP contribution in [0.25, 0.3) is 0 Å². The maximum atomic E-state index is 13.6. The number of benzene rings is 1. The van der Waals surface area contributed by atoms with Crippen molar-refractivity contribution in [1.29, 1.82) is 0 Å². The van der Waals surface area contributed by atoms with Gasteiger partial charge in [0.15, 0.2) is 11.6 Å². The molecule has 20 heavy (non-hydrogen) atoms. The van der Waals surface area contributed by atoms with Crippen LogP contribution in [0.2, 0.25) is 5.02 Å². The van der Waals surface area contributed by atoms with Crippen LogP contribution in [0.15, 0.2) is 12.1 Å². The summed E-state index contributed by atoms with van der Waals surface area (Å²) in [5.74, 6) is -1.81. The number of rotatable bonds is 1. The molecular formula is C13H15ClF2N2O2. The molecular weight excluding hydrogens is 290 g/mol. The Morgan fingerprint density at radius 3 is 2.60 bits per heavy atom. The van der Waals surface area contributed by atoms with Crippen molar-refractivity contribution in [3.63, 3.8) is 0 Å². The molecule has 1 aliphatic rings. The van der Waals surface area contributed by atoms with Gasteiger partial charge in [0.2, 0.25) is 0 Å². The van der Waals surface area contributed by atoms with E-state index in [-0.39, 0.29) is 17.2 Å². The fourth-order valence-corrected chi connectivity index (χ4v) is 2.25. The van der Waals surface area contributed by atoms with E-state index < -0.39 is 23.4 Å². The van der Waals surface area contributed by atoms with Gasteiger partial charge in [-0.2, -0.15) is 0 Å². The highest BCUT2D eigenvalue weighted by atomic mass is 35.5. The summed E-state index contributed by atoms with van der Waals surface area (Å²) in [4.78, 5) is 13.6.